The van der Waals surface area contributed by atoms with Crippen LogP contribution in [0.4, 0.5) is 5.69 Å². The number of benzene rings is 2. The first kappa shape index (κ1) is 14.4. The second kappa shape index (κ2) is 6.45. The van der Waals surface area contributed by atoms with Crippen LogP contribution in [0, 0.1) is 0 Å². The summed E-state index contributed by atoms with van der Waals surface area (Å²) in [5.74, 6) is 0.0256. The fraction of sp³-hybridized carbons (Fsp3) is 0.125. The highest BCUT2D eigenvalue weighted by molar-refractivity contribution is 9.10. The van der Waals surface area contributed by atoms with E-state index in [-0.39, 0.29) is 11.2 Å². The molecular formula is C16H13BrN2OS. The number of aliphatic imine (C=N–C) groups is 1. The van der Waals surface area contributed by atoms with Gasteiger partial charge in [-0.25, -0.2) is 4.99 Å². The Labute approximate surface area is 136 Å². The minimum absolute atomic E-state index is 0.0256. The van der Waals surface area contributed by atoms with E-state index in [0.717, 1.165) is 15.7 Å². The highest BCUT2D eigenvalue weighted by Gasteiger charge is 2.30. The van der Waals surface area contributed by atoms with Gasteiger partial charge in [-0.2, -0.15) is 0 Å². The molecule has 1 aliphatic rings. The number of carbonyl (C=O) groups is 1. The SMILES string of the molecule is O=C1NC(=Nc2ccccc2)S[C@@H]1Cc1ccc(Br)cc1. The number of rotatable bonds is 3. The topological polar surface area (TPSA) is 41.5 Å². The zero-order valence-corrected chi connectivity index (χ0v) is 13.5. The average molecular weight is 361 g/mol. The molecule has 0 radical (unpaired) electrons. The Morgan fingerprint density at radius 3 is 2.52 bits per heavy atom. The third-order valence-corrected chi connectivity index (χ3v) is 4.71. The van der Waals surface area contributed by atoms with Crippen molar-refractivity contribution in [3.8, 4) is 0 Å². The minimum atomic E-state index is -0.117. The van der Waals surface area contributed by atoms with Crippen molar-refractivity contribution in [2.45, 2.75) is 11.7 Å². The molecule has 0 aromatic heterocycles. The number of carbonyl (C=O) groups excluding carboxylic acids is 1. The molecule has 1 aliphatic heterocycles. The molecule has 0 spiro atoms. The molecule has 0 aliphatic carbocycles. The van der Waals surface area contributed by atoms with E-state index < -0.39 is 0 Å². The molecule has 1 heterocycles. The molecule has 2 aromatic carbocycles. The fourth-order valence-electron chi connectivity index (χ4n) is 2.05. The number of hydrogen-bond donors (Lipinski definition) is 1. The van der Waals surface area contributed by atoms with Crippen LogP contribution in [0.3, 0.4) is 0 Å². The van der Waals surface area contributed by atoms with Crippen molar-refractivity contribution in [3.05, 3.63) is 64.6 Å². The van der Waals surface area contributed by atoms with Crippen LogP contribution in [0.5, 0.6) is 0 Å². The average Bonchev–Trinajstić information content (AvgIpc) is 2.82. The van der Waals surface area contributed by atoms with Crippen LogP contribution in [0.15, 0.2) is 64.1 Å². The molecule has 1 amide bonds. The van der Waals surface area contributed by atoms with Gasteiger partial charge in [-0.05, 0) is 36.2 Å². The molecule has 3 rings (SSSR count). The summed E-state index contributed by atoms with van der Waals surface area (Å²) in [6.07, 6.45) is 0.706. The van der Waals surface area contributed by atoms with Gasteiger partial charge in [0.05, 0.1) is 10.9 Å². The number of nitrogens with zero attached hydrogens (tertiary/aromatic N) is 1. The zero-order valence-electron chi connectivity index (χ0n) is 11.1. The van der Waals surface area contributed by atoms with E-state index in [1.54, 1.807) is 0 Å². The summed E-state index contributed by atoms with van der Waals surface area (Å²) in [6.45, 7) is 0. The van der Waals surface area contributed by atoms with E-state index in [0.29, 0.717) is 11.6 Å². The van der Waals surface area contributed by atoms with Crippen molar-refractivity contribution in [3.63, 3.8) is 0 Å². The lowest BCUT2D eigenvalue weighted by Crippen LogP contribution is -2.25. The monoisotopic (exact) mass is 360 g/mol. The van der Waals surface area contributed by atoms with Gasteiger partial charge in [-0.1, -0.05) is 58.0 Å². The molecule has 3 nitrogen and oxygen atoms in total. The second-order valence-corrected chi connectivity index (χ2v) is 6.79. The first-order chi connectivity index (χ1) is 10.2. The van der Waals surface area contributed by atoms with Crippen LogP contribution < -0.4 is 5.32 Å². The van der Waals surface area contributed by atoms with Crippen LogP contribution in [-0.4, -0.2) is 16.3 Å². The molecule has 5 heteroatoms. The summed E-state index contributed by atoms with van der Waals surface area (Å²) in [4.78, 5) is 16.5. The molecule has 1 saturated heterocycles. The first-order valence-corrected chi connectivity index (χ1v) is 8.24. The summed E-state index contributed by atoms with van der Waals surface area (Å²) in [7, 11) is 0. The molecular weight excluding hydrogens is 348 g/mol. The Morgan fingerprint density at radius 2 is 1.81 bits per heavy atom. The lowest BCUT2D eigenvalue weighted by Gasteiger charge is -2.05. The standard InChI is InChI=1S/C16H13BrN2OS/c17-12-8-6-11(7-9-12)10-14-15(20)19-16(21-14)18-13-4-2-1-3-5-13/h1-9,14H,10H2,(H,18,19,20)/t14-/m1/s1. The van der Waals surface area contributed by atoms with Gasteiger partial charge in [-0.15, -0.1) is 0 Å². The molecule has 1 N–H and O–H groups in total. The van der Waals surface area contributed by atoms with Crippen LogP contribution in [0.1, 0.15) is 5.56 Å². The number of amides is 1. The number of nitrogens with one attached hydrogen (secondary N) is 1. The molecule has 106 valence electrons. The Morgan fingerprint density at radius 1 is 1.10 bits per heavy atom. The number of amidine groups is 1. The maximum absolute atomic E-state index is 12.0. The highest BCUT2D eigenvalue weighted by atomic mass is 79.9. The van der Waals surface area contributed by atoms with Crippen molar-refractivity contribution in [2.75, 3.05) is 0 Å². The van der Waals surface area contributed by atoms with E-state index in [4.69, 9.17) is 0 Å². The third kappa shape index (κ3) is 3.74. The normalized spacial score (nSPS) is 19.8. The van der Waals surface area contributed by atoms with Gasteiger partial charge < -0.3 is 5.32 Å². The van der Waals surface area contributed by atoms with Crippen molar-refractivity contribution in [1.29, 1.82) is 0 Å². The van der Waals surface area contributed by atoms with Gasteiger partial charge in [0, 0.05) is 4.47 Å². The zero-order chi connectivity index (χ0) is 14.7. The molecule has 0 unspecified atom stereocenters. The van der Waals surface area contributed by atoms with E-state index in [1.165, 1.54) is 11.8 Å². The van der Waals surface area contributed by atoms with Crippen LogP contribution in [0.25, 0.3) is 0 Å². The highest BCUT2D eigenvalue weighted by Crippen LogP contribution is 2.26. The van der Waals surface area contributed by atoms with Gasteiger partial charge in [0.1, 0.15) is 0 Å². The summed E-state index contributed by atoms with van der Waals surface area (Å²) < 4.78 is 1.04. The van der Waals surface area contributed by atoms with Gasteiger partial charge in [-0.3, -0.25) is 4.79 Å². The molecule has 1 fully saturated rings. The third-order valence-electron chi connectivity index (χ3n) is 3.10. The summed E-state index contributed by atoms with van der Waals surface area (Å²) in [5.41, 5.74) is 2.00. The Kier molecular flexibility index (Phi) is 4.41. The lowest BCUT2D eigenvalue weighted by atomic mass is 10.1. The maximum atomic E-state index is 12.0. The van der Waals surface area contributed by atoms with Gasteiger partial charge in [0.15, 0.2) is 5.17 Å². The molecule has 1 atom stereocenters. The van der Waals surface area contributed by atoms with E-state index in [1.807, 2.05) is 54.6 Å². The second-order valence-electron chi connectivity index (χ2n) is 4.68. The fourth-order valence-corrected chi connectivity index (χ4v) is 3.34. The largest absolute Gasteiger partial charge is 0.304 e. The molecule has 0 bridgehead atoms. The summed E-state index contributed by atoms with van der Waals surface area (Å²) in [5, 5.41) is 3.41. The predicted molar refractivity (Wildman–Crippen MR) is 90.9 cm³/mol. The van der Waals surface area contributed by atoms with E-state index in [9.17, 15) is 4.79 Å². The van der Waals surface area contributed by atoms with Gasteiger partial charge >= 0.3 is 0 Å². The van der Waals surface area contributed by atoms with Crippen molar-refractivity contribution >= 4 is 44.5 Å². The van der Waals surface area contributed by atoms with E-state index >= 15 is 0 Å². The van der Waals surface area contributed by atoms with Crippen LogP contribution >= 0.6 is 27.7 Å². The molecule has 2 aromatic rings. The number of para-hydroxylation sites is 1. The predicted octanol–water partition coefficient (Wildman–Crippen LogP) is 3.91. The van der Waals surface area contributed by atoms with Crippen molar-refractivity contribution in [2.24, 2.45) is 4.99 Å². The Bertz CT molecular complexity index is 670. The van der Waals surface area contributed by atoms with Gasteiger partial charge in [0.2, 0.25) is 5.91 Å². The number of halogens is 1. The van der Waals surface area contributed by atoms with Crippen LogP contribution in [-0.2, 0) is 11.2 Å². The van der Waals surface area contributed by atoms with Gasteiger partial charge in [0.25, 0.3) is 0 Å². The minimum Gasteiger partial charge on any atom is -0.304 e. The number of hydrogen-bond acceptors (Lipinski definition) is 3. The van der Waals surface area contributed by atoms with Crippen molar-refractivity contribution in [1.82, 2.24) is 5.32 Å². The van der Waals surface area contributed by atoms with Crippen molar-refractivity contribution < 1.29 is 4.79 Å². The Hall–Kier alpha value is -1.59. The van der Waals surface area contributed by atoms with E-state index in [2.05, 4.69) is 26.2 Å². The maximum Gasteiger partial charge on any atom is 0.239 e. The van der Waals surface area contributed by atoms with Crippen LogP contribution in [0.2, 0.25) is 0 Å². The molecule has 21 heavy (non-hydrogen) atoms. The lowest BCUT2D eigenvalue weighted by molar-refractivity contribution is -0.118. The quantitative estimate of drug-likeness (QED) is 0.901. The first-order valence-electron chi connectivity index (χ1n) is 6.56. The smallest absolute Gasteiger partial charge is 0.239 e. The Balaban J connectivity index is 1.70. The molecule has 0 saturated carbocycles. The number of thioether (sulfide) groups is 1. The summed E-state index contributed by atoms with van der Waals surface area (Å²) in [6, 6.07) is 17.7. The summed E-state index contributed by atoms with van der Waals surface area (Å²) >= 11 is 4.90.